The first kappa shape index (κ1) is 14.9. The molecular formula is C10H13BrN2O4S. The van der Waals surface area contributed by atoms with Gasteiger partial charge in [-0.15, -0.1) is 4.83 Å². The van der Waals surface area contributed by atoms with Crippen molar-refractivity contribution in [2.45, 2.75) is 18.7 Å². The first-order chi connectivity index (χ1) is 8.36. The lowest BCUT2D eigenvalue weighted by molar-refractivity contribution is 0.150. The third kappa shape index (κ3) is 3.97. The second-order valence-corrected chi connectivity index (χ2v) is 5.90. The van der Waals surface area contributed by atoms with Gasteiger partial charge < -0.3 is 4.74 Å². The van der Waals surface area contributed by atoms with E-state index in [0.717, 1.165) is 10.0 Å². The van der Waals surface area contributed by atoms with Gasteiger partial charge in [0, 0.05) is 4.47 Å². The summed E-state index contributed by atoms with van der Waals surface area (Å²) in [6, 6.07) is 4.53. The summed E-state index contributed by atoms with van der Waals surface area (Å²) in [5.41, 5.74) is 2.72. The van der Waals surface area contributed by atoms with Crippen LogP contribution in [-0.4, -0.2) is 21.1 Å². The molecule has 18 heavy (non-hydrogen) atoms. The van der Waals surface area contributed by atoms with Crippen molar-refractivity contribution in [2.24, 2.45) is 0 Å². The van der Waals surface area contributed by atoms with Gasteiger partial charge in [0.2, 0.25) is 0 Å². The first-order valence-corrected chi connectivity index (χ1v) is 7.35. The van der Waals surface area contributed by atoms with Gasteiger partial charge in [-0.25, -0.2) is 18.6 Å². The molecule has 0 aliphatic heterocycles. The molecular weight excluding hydrogens is 324 g/mol. The van der Waals surface area contributed by atoms with Crippen molar-refractivity contribution in [2.75, 3.05) is 6.61 Å². The molecule has 0 atom stereocenters. The summed E-state index contributed by atoms with van der Waals surface area (Å²) in [5, 5.41) is 0. The van der Waals surface area contributed by atoms with E-state index in [1.165, 1.54) is 12.1 Å². The summed E-state index contributed by atoms with van der Waals surface area (Å²) in [5.74, 6) is 0. The number of amides is 1. The topological polar surface area (TPSA) is 84.5 Å². The van der Waals surface area contributed by atoms with Crippen molar-refractivity contribution in [3.63, 3.8) is 0 Å². The lowest BCUT2D eigenvalue weighted by Gasteiger charge is -2.09. The molecule has 1 aromatic rings. The number of ether oxygens (including phenoxy) is 1. The second-order valence-electron chi connectivity index (χ2n) is 3.36. The van der Waals surface area contributed by atoms with Crippen LogP contribution in [0.15, 0.2) is 27.6 Å². The highest BCUT2D eigenvalue weighted by Gasteiger charge is 2.15. The average Bonchev–Trinajstić information content (AvgIpc) is 2.30. The predicted octanol–water partition coefficient (Wildman–Crippen LogP) is 1.70. The van der Waals surface area contributed by atoms with Gasteiger partial charge in [0.1, 0.15) is 0 Å². The lowest BCUT2D eigenvalue weighted by atomic mass is 10.2. The minimum atomic E-state index is -3.80. The third-order valence-corrected chi connectivity index (χ3v) is 4.14. The van der Waals surface area contributed by atoms with Gasteiger partial charge in [0.25, 0.3) is 10.0 Å². The number of sulfonamides is 1. The summed E-state index contributed by atoms with van der Waals surface area (Å²) in [7, 11) is -3.80. The zero-order valence-corrected chi connectivity index (χ0v) is 12.3. The molecule has 1 amide bonds. The molecule has 6 nitrogen and oxygen atoms in total. The molecule has 100 valence electrons. The van der Waals surface area contributed by atoms with Crippen molar-refractivity contribution >= 4 is 32.0 Å². The Hall–Kier alpha value is -1.12. The van der Waals surface area contributed by atoms with Crippen LogP contribution in [0.4, 0.5) is 4.79 Å². The van der Waals surface area contributed by atoms with E-state index in [0.29, 0.717) is 0 Å². The van der Waals surface area contributed by atoms with E-state index < -0.39 is 16.1 Å². The monoisotopic (exact) mass is 336 g/mol. The summed E-state index contributed by atoms with van der Waals surface area (Å²) in [6.45, 7) is 3.54. The fourth-order valence-electron chi connectivity index (χ4n) is 1.12. The Morgan fingerprint density at radius 2 is 2.11 bits per heavy atom. The van der Waals surface area contributed by atoms with Gasteiger partial charge in [-0.3, -0.25) is 0 Å². The van der Waals surface area contributed by atoms with E-state index in [2.05, 4.69) is 20.7 Å². The van der Waals surface area contributed by atoms with E-state index >= 15 is 0 Å². The Bertz CT molecular complexity index is 545. The Balaban J connectivity index is 2.80. The molecule has 0 saturated carbocycles. The molecule has 0 radical (unpaired) electrons. The number of benzene rings is 1. The average molecular weight is 337 g/mol. The second kappa shape index (κ2) is 6.17. The lowest BCUT2D eigenvalue weighted by Crippen LogP contribution is -2.41. The predicted molar refractivity (Wildman–Crippen MR) is 69.4 cm³/mol. The molecule has 1 rings (SSSR count). The zero-order valence-electron chi connectivity index (χ0n) is 9.86. The Morgan fingerprint density at radius 3 is 2.67 bits per heavy atom. The molecule has 0 fully saturated rings. The minimum absolute atomic E-state index is 0.0556. The standard InChI is InChI=1S/C10H13BrN2O4S/c1-3-17-10(14)12-13-18(15,16)8-4-5-9(11)7(2)6-8/h4-6,13H,3H2,1-2H3,(H,12,14). The van der Waals surface area contributed by atoms with Crippen LogP contribution in [0.25, 0.3) is 0 Å². The molecule has 0 aromatic heterocycles. The number of aryl methyl sites for hydroxylation is 1. The van der Waals surface area contributed by atoms with Gasteiger partial charge in [0.15, 0.2) is 0 Å². The van der Waals surface area contributed by atoms with Crippen LogP contribution in [0.2, 0.25) is 0 Å². The fourth-order valence-corrected chi connectivity index (χ4v) is 2.28. The SMILES string of the molecule is CCOC(=O)NNS(=O)(=O)c1ccc(Br)c(C)c1. The number of nitrogens with one attached hydrogen (secondary N) is 2. The summed E-state index contributed by atoms with van der Waals surface area (Å²) in [4.78, 5) is 13.0. The molecule has 0 bridgehead atoms. The molecule has 0 unspecified atom stereocenters. The molecule has 0 aliphatic rings. The van der Waals surface area contributed by atoms with Gasteiger partial charge in [-0.05, 0) is 37.6 Å². The number of carbonyl (C=O) groups excluding carboxylic acids is 1. The van der Waals surface area contributed by atoms with Crippen molar-refractivity contribution in [1.29, 1.82) is 0 Å². The third-order valence-electron chi connectivity index (χ3n) is 2.00. The number of rotatable bonds is 4. The smallest absolute Gasteiger partial charge is 0.422 e. The molecule has 2 N–H and O–H groups in total. The van der Waals surface area contributed by atoms with Crippen LogP contribution in [0, 0.1) is 6.92 Å². The van der Waals surface area contributed by atoms with Crippen molar-refractivity contribution < 1.29 is 17.9 Å². The Kier molecular flexibility index (Phi) is 5.12. The molecule has 0 aliphatic carbocycles. The number of hydrazine groups is 1. The van der Waals surface area contributed by atoms with E-state index in [4.69, 9.17) is 0 Å². The van der Waals surface area contributed by atoms with Gasteiger partial charge in [-0.2, -0.15) is 0 Å². The Morgan fingerprint density at radius 1 is 1.44 bits per heavy atom. The van der Waals surface area contributed by atoms with Crippen LogP contribution < -0.4 is 10.3 Å². The summed E-state index contributed by atoms with van der Waals surface area (Å²) >= 11 is 3.27. The van der Waals surface area contributed by atoms with Crippen LogP contribution in [0.5, 0.6) is 0 Å². The number of halogens is 1. The maximum absolute atomic E-state index is 11.8. The van der Waals surface area contributed by atoms with Crippen molar-refractivity contribution in [3.05, 3.63) is 28.2 Å². The van der Waals surface area contributed by atoms with E-state index in [-0.39, 0.29) is 11.5 Å². The summed E-state index contributed by atoms with van der Waals surface area (Å²) < 4.78 is 29.0. The maximum Gasteiger partial charge on any atom is 0.422 e. The Labute approximate surface area is 114 Å². The minimum Gasteiger partial charge on any atom is -0.449 e. The fraction of sp³-hybridized carbons (Fsp3) is 0.300. The largest absolute Gasteiger partial charge is 0.449 e. The molecule has 0 spiro atoms. The molecule has 1 aromatic carbocycles. The summed E-state index contributed by atoms with van der Waals surface area (Å²) in [6.07, 6.45) is -0.852. The van der Waals surface area contributed by atoms with Crippen LogP contribution in [0.1, 0.15) is 12.5 Å². The van der Waals surface area contributed by atoms with Gasteiger partial charge in [0.05, 0.1) is 11.5 Å². The van der Waals surface area contributed by atoms with Crippen molar-refractivity contribution in [3.8, 4) is 0 Å². The highest BCUT2D eigenvalue weighted by Crippen LogP contribution is 2.19. The zero-order chi connectivity index (χ0) is 13.8. The van der Waals surface area contributed by atoms with Gasteiger partial charge in [-0.1, -0.05) is 15.9 Å². The maximum atomic E-state index is 11.8. The highest BCUT2D eigenvalue weighted by molar-refractivity contribution is 9.10. The van der Waals surface area contributed by atoms with Crippen LogP contribution >= 0.6 is 15.9 Å². The highest BCUT2D eigenvalue weighted by atomic mass is 79.9. The van der Waals surface area contributed by atoms with Crippen molar-refractivity contribution in [1.82, 2.24) is 10.3 Å². The number of carbonyl (C=O) groups is 1. The molecule has 0 saturated heterocycles. The van der Waals surface area contributed by atoms with Crippen LogP contribution in [0.3, 0.4) is 0 Å². The quantitative estimate of drug-likeness (QED) is 0.819. The molecule has 0 heterocycles. The normalized spacial score (nSPS) is 11.1. The number of hydrogen-bond acceptors (Lipinski definition) is 4. The van der Waals surface area contributed by atoms with E-state index in [1.807, 2.05) is 10.3 Å². The number of hydrogen-bond donors (Lipinski definition) is 2. The van der Waals surface area contributed by atoms with E-state index in [9.17, 15) is 13.2 Å². The van der Waals surface area contributed by atoms with Gasteiger partial charge >= 0.3 is 6.09 Å². The first-order valence-electron chi connectivity index (χ1n) is 5.07. The van der Waals surface area contributed by atoms with Crippen LogP contribution in [-0.2, 0) is 14.8 Å². The van der Waals surface area contributed by atoms with E-state index in [1.54, 1.807) is 19.9 Å². The molecule has 8 heteroatoms.